The summed E-state index contributed by atoms with van der Waals surface area (Å²) >= 11 is 0. The number of benzene rings is 4. The van der Waals surface area contributed by atoms with Gasteiger partial charge in [0.15, 0.2) is 0 Å². The maximum atomic E-state index is 12.9. The minimum absolute atomic E-state index is 0.0537. The van der Waals surface area contributed by atoms with Crippen LogP contribution in [0.4, 0.5) is 11.4 Å². The molecule has 40 heavy (non-hydrogen) atoms. The van der Waals surface area contributed by atoms with Crippen LogP contribution in [0.5, 0.6) is 23.0 Å². The van der Waals surface area contributed by atoms with Gasteiger partial charge in [-0.3, -0.25) is 15.5 Å². The molecule has 4 aromatic rings. The van der Waals surface area contributed by atoms with E-state index in [1.807, 2.05) is 0 Å². The summed E-state index contributed by atoms with van der Waals surface area (Å²) in [6.07, 6.45) is 1.40. The number of nitro benzene ring substituents is 1. The topological polar surface area (TPSA) is 139 Å². The molecule has 11 heteroatoms. The molecule has 0 radical (unpaired) electrons. The maximum absolute atomic E-state index is 12.9. The fourth-order valence-electron chi connectivity index (χ4n) is 3.39. The van der Waals surface area contributed by atoms with Crippen LogP contribution >= 0.6 is 0 Å². The van der Waals surface area contributed by atoms with Crippen molar-refractivity contribution in [1.82, 2.24) is 0 Å². The number of rotatable bonds is 10. The van der Waals surface area contributed by atoms with Crippen molar-refractivity contribution in [3.8, 4) is 23.0 Å². The second-order valence-electron chi connectivity index (χ2n) is 8.11. The Balaban J connectivity index is 1.56. The Bertz CT molecular complexity index is 1530. The summed E-state index contributed by atoms with van der Waals surface area (Å²) in [4.78, 5) is 35.9. The molecule has 4 rings (SSSR count). The van der Waals surface area contributed by atoms with Crippen molar-refractivity contribution in [3.05, 3.63) is 118 Å². The maximum Gasteiger partial charge on any atom is 0.343 e. The van der Waals surface area contributed by atoms with E-state index >= 15 is 0 Å². The van der Waals surface area contributed by atoms with E-state index in [-0.39, 0.29) is 22.7 Å². The van der Waals surface area contributed by atoms with Crippen LogP contribution < -0.4 is 24.4 Å². The molecular weight excluding hydrogens is 518 g/mol. The van der Waals surface area contributed by atoms with Gasteiger partial charge in [-0.25, -0.2) is 9.59 Å². The van der Waals surface area contributed by atoms with Crippen LogP contribution in [0.3, 0.4) is 0 Å². The second-order valence-corrected chi connectivity index (χ2v) is 8.11. The second kappa shape index (κ2) is 12.7. The molecule has 0 saturated carbocycles. The first kappa shape index (κ1) is 27.3. The van der Waals surface area contributed by atoms with Crippen LogP contribution in [-0.4, -0.2) is 37.3 Å². The van der Waals surface area contributed by atoms with Gasteiger partial charge < -0.3 is 18.9 Å². The molecule has 0 aliphatic carbocycles. The molecule has 0 fully saturated rings. The third-order valence-corrected chi connectivity index (χ3v) is 5.53. The van der Waals surface area contributed by atoms with E-state index < -0.39 is 16.9 Å². The zero-order valence-electron chi connectivity index (χ0n) is 21.4. The highest BCUT2D eigenvalue weighted by atomic mass is 16.6. The van der Waals surface area contributed by atoms with E-state index in [1.54, 1.807) is 54.6 Å². The quantitative estimate of drug-likeness (QED) is 0.0907. The first-order chi connectivity index (χ1) is 19.4. The number of hydrazone groups is 1. The van der Waals surface area contributed by atoms with E-state index in [9.17, 15) is 19.7 Å². The predicted molar refractivity (Wildman–Crippen MR) is 147 cm³/mol. The molecule has 202 valence electrons. The van der Waals surface area contributed by atoms with Gasteiger partial charge in [0, 0.05) is 23.8 Å². The zero-order valence-corrected chi connectivity index (χ0v) is 21.4. The number of methoxy groups -OCH3 is 2. The summed E-state index contributed by atoms with van der Waals surface area (Å²) in [6.45, 7) is 0. The van der Waals surface area contributed by atoms with Gasteiger partial charge in [0.05, 0.1) is 42.2 Å². The van der Waals surface area contributed by atoms with Crippen LogP contribution in [0.15, 0.2) is 96.1 Å². The van der Waals surface area contributed by atoms with Crippen LogP contribution in [0.1, 0.15) is 26.3 Å². The molecule has 0 bridgehead atoms. The minimum Gasteiger partial charge on any atom is -0.497 e. The van der Waals surface area contributed by atoms with E-state index in [0.717, 1.165) is 0 Å². The predicted octanol–water partition coefficient (Wildman–Crippen LogP) is 5.50. The van der Waals surface area contributed by atoms with Crippen LogP contribution in [0, 0.1) is 10.1 Å². The normalized spacial score (nSPS) is 10.6. The molecule has 0 unspecified atom stereocenters. The molecule has 0 spiro atoms. The van der Waals surface area contributed by atoms with Crippen molar-refractivity contribution in [3.63, 3.8) is 0 Å². The monoisotopic (exact) mass is 541 g/mol. The van der Waals surface area contributed by atoms with Crippen molar-refractivity contribution in [2.75, 3.05) is 19.6 Å². The van der Waals surface area contributed by atoms with Crippen molar-refractivity contribution >= 4 is 29.5 Å². The number of non-ortho nitro benzene ring substituents is 1. The molecule has 0 aliphatic rings. The highest BCUT2D eigenvalue weighted by Gasteiger charge is 2.15. The summed E-state index contributed by atoms with van der Waals surface area (Å²) in [5.41, 5.74) is 4.17. The minimum atomic E-state index is -0.653. The number of esters is 2. The van der Waals surface area contributed by atoms with Crippen LogP contribution in [0.2, 0.25) is 0 Å². The van der Waals surface area contributed by atoms with Gasteiger partial charge in [-0.15, -0.1) is 0 Å². The highest BCUT2D eigenvalue weighted by Crippen LogP contribution is 2.26. The van der Waals surface area contributed by atoms with E-state index in [0.29, 0.717) is 28.3 Å². The lowest BCUT2D eigenvalue weighted by Crippen LogP contribution is -2.11. The fraction of sp³-hybridized carbons (Fsp3) is 0.0690. The number of hydrogen-bond donors (Lipinski definition) is 1. The summed E-state index contributed by atoms with van der Waals surface area (Å²) in [5.74, 6) is 0.119. The number of ether oxygens (including phenoxy) is 4. The summed E-state index contributed by atoms with van der Waals surface area (Å²) in [5, 5.41) is 15.0. The van der Waals surface area contributed by atoms with Crippen molar-refractivity contribution in [2.45, 2.75) is 0 Å². The van der Waals surface area contributed by atoms with Gasteiger partial charge in [-0.05, 0) is 72.8 Å². The molecule has 4 aromatic carbocycles. The number of nitrogens with zero attached hydrogens (tertiary/aromatic N) is 2. The van der Waals surface area contributed by atoms with E-state index in [1.165, 1.54) is 56.8 Å². The molecule has 0 aliphatic heterocycles. The lowest BCUT2D eigenvalue weighted by Gasteiger charge is -2.11. The summed E-state index contributed by atoms with van der Waals surface area (Å²) < 4.78 is 21.3. The number of hydrogen-bond acceptors (Lipinski definition) is 10. The van der Waals surface area contributed by atoms with Gasteiger partial charge in [0.25, 0.3) is 5.69 Å². The smallest absolute Gasteiger partial charge is 0.343 e. The number of carbonyl (C=O) groups excluding carboxylic acids is 2. The van der Waals surface area contributed by atoms with E-state index in [2.05, 4.69) is 10.5 Å². The molecular formula is C29H23N3O8. The average Bonchev–Trinajstić information content (AvgIpc) is 2.98. The Morgan fingerprint density at radius 1 is 0.750 bits per heavy atom. The van der Waals surface area contributed by atoms with Gasteiger partial charge >= 0.3 is 11.9 Å². The molecule has 1 N–H and O–H groups in total. The Kier molecular flexibility index (Phi) is 8.67. The third kappa shape index (κ3) is 6.98. The van der Waals surface area contributed by atoms with E-state index in [4.69, 9.17) is 18.9 Å². The lowest BCUT2D eigenvalue weighted by atomic mass is 10.2. The Labute approximate surface area is 228 Å². The number of nitro groups is 1. The number of anilines is 1. The Hall–Kier alpha value is -5.71. The largest absolute Gasteiger partial charge is 0.497 e. The lowest BCUT2D eigenvalue weighted by molar-refractivity contribution is -0.384. The fourth-order valence-corrected chi connectivity index (χ4v) is 3.39. The molecule has 0 atom stereocenters. The number of nitrogens with one attached hydrogen (secondary N) is 1. The van der Waals surface area contributed by atoms with Crippen molar-refractivity contribution in [1.29, 1.82) is 0 Å². The van der Waals surface area contributed by atoms with Gasteiger partial charge in [0.2, 0.25) is 0 Å². The highest BCUT2D eigenvalue weighted by molar-refractivity contribution is 5.94. The number of carbonyl (C=O) groups is 2. The first-order valence-electron chi connectivity index (χ1n) is 11.8. The third-order valence-electron chi connectivity index (χ3n) is 5.53. The standard InChI is InChI=1S/C29H23N3O8/c1-37-24-12-3-19(4-13-24)28(33)39-26-16-7-21(18-30-31-22-8-10-23(11-9-22)32(35)36)27(17-26)40-29(34)20-5-14-25(38-2)15-6-20/h3-18,31H,1-2H3/b30-18-. The molecule has 0 heterocycles. The van der Waals surface area contributed by atoms with Crippen LogP contribution in [0.25, 0.3) is 0 Å². The Morgan fingerprint density at radius 2 is 1.27 bits per heavy atom. The molecule has 0 aromatic heterocycles. The van der Waals surface area contributed by atoms with Crippen LogP contribution in [-0.2, 0) is 0 Å². The van der Waals surface area contributed by atoms with Crippen molar-refractivity contribution in [2.24, 2.45) is 5.10 Å². The van der Waals surface area contributed by atoms with Gasteiger partial charge in [0.1, 0.15) is 23.0 Å². The zero-order chi connectivity index (χ0) is 28.5. The molecule has 0 amide bonds. The summed E-state index contributed by atoms with van der Waals surface area (Å²) in [7, 11) is 3.04. The van der Waals surface area contributed by atoms with Gasteiger partial charge in [-0.1, -0.05) is 0 Å². The first-order valence-corrected chi connectivity index (χ1v) is 11.8. The molecule has 11 nitrogen and oxygen atoms in total. The van der Waals surface area contributed by atoms with Crippen molar-refractivity contribution < 1.29 is 33.5 Å². The SMILES string of the molecule is COc1ccc(C(=O)Oc2ccc(/C=N\Nc3ccc([N+](=O)[O-])cc3)c(OC(=O)c3ccc(OC)cc3)c2)cc1. The average molecular weight is 542 g/mol. The summed E-state index contributed by atoms with van der Waals surface area (Å²) in [6, 6.07) is 22.9. The Morgan fingerprint density at radius 3 is 1.80 bits per heavy atom. The molecule has 0 saturated heterocycles. The van der Waals surface area contributed by atoms with Gasteiger partial charge in [-0.2, -0.15) is 5.10 Å².